The van der Waals surface area contributed by atoms with E-state index in [9.17, 15) is 4.79 Å². The van der Waals surface area contributed by atoms with E-state index in [1.54, 1.807) is 0 Å². The molecule has 1 aliphatic carbocycles. The number of nitrogens with one attached hydrogen (secondary N) is 2. The monoisotopic (exact) mass is 314 g/mol. The minimum absolute atomic E-state index is 0.0377. The zero-order chi connectivity index (χ0) is 15.9. The quantitative estimate of drug-likeness (QED) is 0.772. The van der Waals surface area contributed by atoms with Gasteiger partial charge in [0.15, 0.2) is 0 Å². The highest BCUT2D eigenvalue weighted by Gasteiger charge is 2.49. The van der Waals surface area contributed by atoms with Crippen LogP contribution in [-0.2, 0) is 19.5 Å². The third-order valence-corrected chi connectivity index (χ3v) is 6.01. The lowest BCUT2D eigenvalue weighted by Gasteiger charge is -2.41. The summed E-state index contributed by atoms with van der Waals surface area (Å²) in [6.45, 7) is 4.09. The first-order valence-corrected chi connectivity index (χ1v) is 8.77. The summed E-state index contributed by atoms with van der Waals surface area (Å²) in [5, 5.41) is 6.50. The molecule has 2 heterocycles. The van der Waals surface area contributed by atoms with Gasteiger partial charge >= 0.3 is 6.03 Å². The highest BCUT2D eigenvalue weighted by Crippen LogP contribution is 2.47. The smallest absolute Gasteiger partial charge is 0.317 e. The summed E-state index contributed by atoms with van der Waals surface area (Å²) in [5.41, 5.74) is 10.5. The number of hydrogen-bond acceptors (Lipinski definition) is 3. The van der Waals surface area contributed by atoms with Crippen LogP contribution in [0.15, 0.2) is 18.2 Å². The van der Waals surface area contributed by atoms with Crippen molar-refractivity contribution in [3.05, 3.63) is 34.9 Å². The molecule has 2 fully saturated rings. The number of rotatable bonds is 2. The summed E-state index contributed by atoms with van der Waals surface area (Å²) < 4.78 is 0. The molecule has 5 heteroatoms. The molecule has 1 aromatic rings. The lowest BCUT2D eigenvalue weighted by atomic mass is 9.66. The average molecular weight is 314 g/mol. The first kappa shape index (κ1) is 15.0. The molecule has 2 aliphatic heterocycles. The van der Waals surface area contributed by atoms with Crippen molar-refractivity contribution in [1.82, 2.24) is 15.5 Å². The largest absolute Gasteiger partial charge is 0.334 e. The molecule has 4 rings (SSSR count). The van der Waals surface area contributed by atoms with Crippen LogP contribution in [0, 0.1) is 5.41 Å². The van der Waals surface area contributed by atoms with Crippen LogP contribution in [0.2, 0.25) is 0 Å². The van der Waals surface area contributed by atoms with E-state index in [1.165, 1.54) is 36.0 Å². The molecule has 1 atom stereocenters. The Labute approximate surface area is 137 Å². The number of nitrogens with two attached hydrogens (primary N) is 1. The molecule has 4 N–H and O–H groups in total. The van der Waals surface area contributed by atoms with Crippen molar-refractivity contribution in [1.29, 1.82) is 0 Å². The van der Waals surface area contributed by atoms with Crippen LogP contribution >= 0.6 is 0 Å². The molecule has 0 aromatic heterocycles. The standard InChI is InChI=1S/C18H26N4O/c19-16-11-22(12-18(16)6-2-7-18)17(23)21-10-14-4-1-3-13-9-20-8-5-15(13)14/h1,3-4,16,20H,2,5-12,19H2,(H,21,23). The molecular formula is C18H26N4O. The summed E-state index contributed by atoms with van der Waals surface area (Å²) >= 11 is 0. The third kappa shape index (κ3) is 2.62. The van der Waals surface area contributed by atoms with Crippen molar-refractivity contribution in [2.24, 2.45) is 11.1 Å². The molecule has 3 aliphatic rings. The van der Waals surface area contributed by atoms with Crippen molar-refractivity contribution in [2.45, 2.75) is 44.8 Å². The van der Waals surface area contributed by atoms with Gasteiger partial charge < -0.3 is 21.3 Å². The Bertz CT molecular complexity index is 611. The number of hydrogen-bond donors (Lipinski definition) is 3. The van der Waals surface area contributed by atoms with E-state index in [0.29, 0.717) is 13.1 Å². The first-order chi connectivity index (χ1) is 11.2. The molecule has 23 heavy (non-hydrogen) atoms. The number of fused-ring (bicyclic) bond motifs is 1. The van der Waals surface area contributed by atoms with Gasteiger partial charge in [0.25, 0.3) is 0 Å². The zero-order valence-corrected chi connectivity index (χ0v) is 13.6. The van der Waals surface area contributed by atoms with Crippen LogP contribution in [0.1, 0.15) is 36.0 Å². The Morgan fingerprint density at radius 1 is 1.43 bits per heavy atom. The normalized spacial score (nSPS) is 25.1. The van der Waals surface area contributed by atoms with Gasteiger partial charge in [-0.15, -0.1) is 0 Å². The Hall–Kier alpha value is -1.59. The SMILES string of the molecule is NC1CN(C(=O)NCc2cccc3c2CCNC3)CC12CCC2. The average Bonchev–Trinajstić information content (AvgIpc) is 2.90. The van der Waals surface area contributed by atoms with E-state index in [1.807, 2.05) is 4.90 Å². The predicted octanol–water partition coefficient (Wildman–Crippen LogP) is 1.36. The van der Waals surface area contributed by atoms with Gasteiger partial charge in [0.05, 0.1) is 0 Å². The van der Waals surface area contributed by atoms with Crippen LogP contribution in [0.5, 0.6) is 0 Å². The van der Waals surface area contributed by atoms with Gasteiger partial charge in [0, 0.05) is 37.6 Å². The van der Waals surface area contributed by atoms with Crippen LogP contribution in [0.4, 0.5) is 4.79 Å². The van der Waals surface area contributed by atoms with Crippen molar-refractivity contribution in [3.8, 4) is 0 Å². The van der Waals surface area contributed by atoms with Gasteiger partial charge in [-0.2, -0.15) is 0 Å². The third-order valence-electron chi connectivity index (χ3n) is 6.01. The maximum absolute atomic E-state index is 12.5. The molecule has 1 spiro atoms. The highest BCUT2D eigenvalue weighted by molar-refractivity contribution is 5.75. The van der Waals surface area contributed by atoms with E-state index in [0.717, 1.165) is 26.1 Å². The second-order valence-corrected chi connectivity index (χ2v) is 7.34. The van der Waals surface area contributed by atoms with E-state index in [2.05, 4.69) is 28.8 Å². The van der Waals surface area contributed by atoms with Crippen LogP contribution in [-0.4, -0.2) is 36.6 Å². The fourth-order valence-corrected chi connectivity index (χ4v) is 4.37. The number of amides is 2. The summed E-state index contributed by atoms with van der Waals surface area (Å²) in [4.78, 5) is 14.4. The number of carbonyl (C=O) groups excluding carboxylic acids is 1. The van der Waals surface area contributed by atoms with Crippen molar-refractivity contribution in [2.75, 3.05) is 19.6 Å². The number of carbonyl (C=O) groups is 1. The lowest BCUT2D eigenvalue weighted by molar-refractivity contribution is 0.125. The highest BCUT2D eigenvalue weighted by atomic mass is 16.2. The van der Waals surface area contributed by atoms with E-state index >= 15 is 0 Å². The van der Waals surface area contributed by atoms with Crippen LogP contribution in [0.25, 0.3) is 0 Å². The minimum atomic E-state index is 0.0377. The van der Waals surface area contributed by atoms with Gasteiger partial charge in [0.2, 0.25) is 0 Å². The first-order valence-electron chi connectivity index (χ1n) is 8.77. The molecule has 0 bridgehead atoms. The zero-order valence-electron chi connectivity index (χ0n) is 13.6. The molecule has 124 valence electrons. The van der Waals surface area contributed by atoms with Crippen molar-refractivity contribution in [3.63, 3.8) is 0 Å². The fraction of sp³-hybridized carbons (Fsp3) is 0.611. The van der Waals surface area contributed by atoms with Gasteiger partial charge in [-0.25, -0.2) is 4.79 Å². The lowest BCUT2D eigenvalue weighted by Crippen LogP contribution is -2.45. The number of likely N-dealkylation sites (tertiary alicyclic amines) is 1. The van der Waals surface area contributed by atoms with Gasteiger partial charge in [-0.1, -0.05) is 24.6 Å². The summed E-state index contributed by atoms with van der Waals surface area (Å²) in [7, 11) is 0. The summed E-state index contributed by atoms with van der Waals surface area (Å²) in [6, 6.07) is 6.58. The summed E-state index contributed by atoms with van der Waals surface area (Å²) in [5.74, 6) is 0. The molecule has 0 radical (unpaired) electrons. The van der Waals surface area contributed by atoms with Crippen LogP contribution < -0.4 is 16.4 Å². The molecular weight excluding hydrogens is 288 g/mol. The maximum Gasteiger partial charge on any atom is 0.317 e. The number of benzene rings is 1. The topological polar surface area (TPSA) is 70.4 Å². The molecule has 1 aromatic carbocycles. The minimum Gasteiger partial charge on any atom is -0.334 e. The van der Waals surface area contributed by atoms with Gasteiger partial charge in [-0.05, 0) is 42.5 Å². The van der Waals surface area contributed by atoms with E-state index in [4.69, 9.17) is 5.73 Å². The van der Waals surface area contributed by atoms with Crippen molar-refractivity contribution < 1.29 is 4.79 Å². The second kappa shape index (κ2) is 5.80. The van der Waals surface area contributed by atoms with E-state index in [-0.39, 0.29) is 17.5 Å². The van der Waals surface area contributed by atoms with Gasteiger partial charge in [-0.3, -0.25) is 0 Å². The van der Waals surface area contributed by atoms with Crippen LogP contribution in [0.3, 0.4) is 0 Å². The maximum atomic E-state index is 12.5. The molecule has 1 saturated carbocycles. The van der Waals surface area contributed by atoms with Gasteiger partial charge in [0.1, 0.15) is 0 Å². The Morgan fingerprint density at radius 3 is 3.04 bits per heavy atom. The molecule has 2 amide bonds. The predicted molar refractivity (Wildman–Crippen MR) is 89.9 cm³/mol. The Morgan fingerprint density at radius 2 is 2.30 bits per heavy atom. The molecule has 1 unspecified atom stereocenters. The van der Waals surface area contributed by atoms with E-state index < -0.39 is 0 Å². The fourth-order valence-electron chi connectivity index (χ4n) is 4.37. The summed E-state index contributed by atoms with van der Waals surface area (Å²) in [6.07, 6.45) is 4.65. The second-order valence-electron chi connectivity index (χ2n) is 7.34. The number of nitrogens with zero attached hydrogens (tertiary/aromatic N) is 1. The molecule has 1 saturated heterocycles. The Kier molecular flexibility index (Phi) is 3.77. The molecule has 5 nitrogen and oxygen atoms in total. The number of urea groups is 1. The Balaban J connectivity index is 1.39. The van der Waals surface area contributed by atoms with Crippen molar-refractivity contribution >= 4 is 6.03 Å².